The fourth-order valence-electron chi connectivity index (χ4n) is 2.02. The summed E-state index contributed by atoms with van der Waals surface area (Å²) in [6, 6.07) is 13.6. The van der Waals surface area contributed by atoms with E-state index in [2.05, 4.69) is 22.6 Å². The van der Waals surface area contributed by atoms with Crippen molar-refractivity contribution < 1.29 is 25.0 Å². The first-order valence-corrected chi connectivity index (χ1v) is 8.09. The molecule has 2 rings (SSSR count). The molecule has 126 valence electrons. The van der Waals surface area contributed by atoms with Gasteiger partial charge in [0, 0.05) is 15.2 Å². The highest BCUT2D eigenvalue weighted by atomic mass is 127. The summed E-state index contributed by atoms with van der Waals surface area (Å²) >= 11 is 2.06. The second-order valence-corrected chi connectivity index (χ2v) is 6.12. The van der Waals surface area contributed by atoms with Gasteiger partial charge in [0.15, 0.2) is 0 Å². The van der Waals surface area contributed by atoms with E-state index in [0.29, 0.717) is 5.75 Å². The van der Waals surface area contributed by atoms with Crippen molar-refractivity contribution in [2.75, 3.05) is 0 Å². The minimum absolute atomic E-state index is 0.0791. The van der Waals surface area contributed by atoms with Gasteiger partial charge in [0.25, 0.3) is 5.91 Å². The first-order valence-electron chi connectivity index (χ1n) is 7.01. The minimum atomic E-state index is -1.22. The van der Waals surface area contributed by atoms with Crippen molar-refractivity contribution in [3.63, 3.8) is 0 Å². The number of hydroxylamine groups is 1. The molecule has 0 aliphatic rings. The van der Waals surface area contributed by atoms with E-state index in [1.165, 1.54) is 17.6 Å². The molecule has 6 nitrogen and oxygen atoms in total. The van der Waals surface area contributed by atoms with Crippen LogP contribution in [0.15, 0.2) is 60.7 Å². The Morgan fingerprint density at radius 3 is 2.58 bits per heavy atom. The number of halogens is 1. The molecule has 0 fully saturated rings. The molecule has 2 atom stereocenters. The molecular weight excluding hydrogens is 425 g/mol. The van der Waals surface area contributed by atoms with E-state index >= 15 is 0 Å². The van der Waals surface area contributed by atoms with E-state index in [-0.39, 0.29) is 11.3 Å². The Morgan fingerprint density at radius 2 is 1.92 bits per heavy atom. The zero-order valence-corrected chi connectivity index (χ0v) is 14.6. The first kappa shape index (κ1) is 18.2. The highest BCUT2D eigenvalue weighted by Gasteiger charge is 2.23. The van der Waals surface area contributed by atoms with Crippen molar-refractivity contribution >= 4 is 28.5 Å². The van der Waals surface area contributed by atoms with Gasteiger partial charge in [-0.25, -0.2) is 5.48 Å². The van der Waals surface area contributed by atoms with Gasteiger partial charge in [0.1, 0.15) is 23.7 Å². The van der Waals surface area contributed by atoms with E-state index in [1.807, 2.05) is 6.07 Å². The molecule has 24 heavy (non-hydrogen) atoms. The SMILES string of the molecule is O=C(/C=C/[C@H](Oc1ccccc1)[C@@H](O)c1cc(I)ccc1O)NO. The van der Waals surface area contributed by atoms with Crippen LogP contribution in [0.25, 0.3) is 0 Å². The van der Waals surface area contributed by atoms with Crippen molar-refractivity contribution in [3.8, 4) is 11.5 Å². The van der Waals surface area contributed by atoms with Crippen LogP contribution in [0.4, 0.5) is 0 Å². The number of rotatable bonds is 6. The molecule has 0 aliphatic heterocycles. The Labute approximate surface area is 152 Å². The summed E-state index contributed by atoms with van der Waals surface area (Å²) in [6.45, 7) is 0. The monoisotopic (exact) mass is 441 g/mol. The average molecular weight is 441 g/mol. The fraction of sp³-hybridized carbons (Fsp3) is 0.118. The van der Waals surface area contributed by atoms with Gasteiger partial charge in [-0.1, -0.05) is 18.2 Å². The van der Waals surface area contributed by atoms with Gasteiger partial charge < -0.3 is 14.9 Å². The number of aliphatic hydroxyl groups is 1. The van der Waals surface area contributed by atoms with E-state index < -0.39 is 18.1 Å². The second kappa shape index (κ2) is 8.67. The summed E-state index contributed by atoms with van der Waals surface area (Å²) in [7, 11) is 0. The summed E-state index contributed by atoms with van der Waals surface area (Å²) < 4.78 is 6.54. The van der Waals surface area contributed by atoms with Gasteiger partial charge in [-0.2, -0.15) is 0 Å². The molecule has 7 heteroatoms. The molecule has 1 amide bonds. The standard InChI is InChI=1S/C17H16INO5/c18-11-6-7-14(20)13(10-11)17(22)15(8-9-16(21)19-23)24-12-4-2-1-3-5-12/h1-10,15,17,20,22-23H,(H,19,21)/b9-8+/t15-,17-/m0/s1. The molecule has 0 bridgehead atoms. The molecule has 2 aromatic carbocycles. The number of amides is 1. The number of hydrogen-bond acceptors (Lipinski definition) is 5. The Balaban J connectivity index is 2.31. The van der Waals surface area contributed by atoms with Crippen LogP contribution in [0, 0.1) is 3.57 Å². The van der Waals surface area contributed by atoms with Crippen LogP contribution in [0.3, 0.4) is 0 Å². The number of benzene rings is 2. The lowest BCUT2D eigenvalue weighted by Gasteiger charge is -2.22. The van der Waals surface area contributed by atoms with Crippen LogP contribution in [-0.4, -0.2) is 27.4 Å². The highest BCUT2D eigenvalue weighted by molar-refractivity contribution is 14.1. The van der Waals surface area contributed by atoms with Gasteiger partial charge >= 0.3 is 0 Å². The molecule has 0 saturated heterocycles. The number of ether oxygens (including phenoxy) is 1. The fourth-order valence-corrected chi connectivity index (χ4v) is 2.54. The maximum absolute atomic E-state index is 11.2. The molecule has 0 heterocycles. The van der Waals surface area contributed by atoms with E-state index in [9.17, 15) is 15.0 Å². The van der Waals surface area contributed by atoms with E-state index in [0.717, 1.165) is 9.65 Å². The number of carbonyl (C=O) groups is 1. The molecule has 0 spiro atoms. The number of nitrogens with one attached hydrogen (secondary N) is 1. The average Bonchev–Trinajstić information content (AvgIpc) is 2.60. The molecule has 0 saturated carbocycles. The first-order chi connectivity index (χ1) is 11.5. The number of phenolic OH excluding ortho intramolecular Hbond substituents is 1. The number of phenols is 1. The molecule has 0 unspecified atom stereocenters. The van der Waals surface area contributed by atoms with Crippen LogP contribution in [0.2, 0.25) is 0 Å². The zero-order chi connectivity index (χ0) is 17.5. The molecule has 0 radical (unpaired) electrons. The minimum Gasteiger partial charge on any atom is -0.508 e. The van der Waals surface area contributed by atoms with Crippen molar-refractivity contribution in [1.82, 2.24) is 5.48 Å². The van der Waals surface area contributed by atoms with Crippen LogP contribution in [-0.2, 0) is 4.79 Å². The third-order valence-electron chi connectivity index (χ3n) is 3.18. The third-order valence-corrected chi connectivity index (χ3v) is 3.85. The topological polar surface area (TPSA) is 99.0 Å². The highest BCUT2D eigenvalue weighted by Crippen LogP contribution is 2.30. The van der Waals surface area contributed by atoms with Crippen molar-refractivity contribution in [2.24, 2.45) is 0 Å². The number of hydrogen-bond donors (Lipinski definition) is 4. The van der Waals surface area contributed by atoms with Gasteiger partial charge in [-0.3, -0.25) is 10.0 Å². The van der Waals surface area contributed by atoms with E-state index in [4.69, 9.17) is 9.94 Å². The van der Waals surface area contributed by atoms with Gasteiger partial charge in [0.05, 0.1) is 0 Å². The summed E-state index contributed by atoms with van der Waals surface area (Å²) in [6.07, 6.45) is 0.182. The normalized spacial score (nSPS) is 13.5. The number of aliphatic hydroxyl groups excluding tert-OH is 1. The predicted molar refractivity (Wildman–Crippen MR) is 95.7 cm³/mol. The van der Waals surface area contributed by atoms with Crippen LogP contribution in [0.5, 0.6) is 11.5 Å². The Hall–Kier alpha value is -2.10. The van der Waals surface area contributed by atoms with Crippen LogP contribution in [0.1, 0.15) is 11.7 Å². The Morgan fingerprint density at radius 1 is 1.21 bits per heavy atom. The summed E-state index contributed by atoms with van der Waals surface area (Å²) in [5.41, 5.74) is 1.74. The second-order valence-electron chi connectivity index (χ2n) is 4.88. The lowest BCUT2D eigenvalue weighted by atomic mass is 10.0. The lowest BCUT2D eigenvalue weighted by molar-refractivity contribution is -0.124. The Bertz CT molecular complexity index is 720. The number of aromatic hydroxyl groups is 1. The smallest absolute Gasteiger partial charge is 0.267 e. The zero-order valence-electron chi connectivity index (χ0n) is 12.5. The number of para-hydroxylation sites is 1. The van der Waals surface area contributed by atoms with Gasteiger partial charge in [-0.15, -0.1) is 0 Å². The lowest BCUT2D eigenvalue weighted by Crippen LogP contribution is -2.25. The summed E-state index contributed by atoms with van der Waals surface area (Å²) in [5, 5.41) is 29.2. The molecule has 2 aromatic rings. The maximum atomic E-state index is 11.2. The molecule has 4 N–H and O–H groups in total. The maximum Gasteiger partial charge on any atom is 0.267 e. The quantitative estimate of drug-likeness (QED) is 0.239. The summed E-state index contributed by atoms with van der Waals surface area (Å²) in [4.78, 5) is 11.2. The third kappa shape index (κ3) is 4.95. The molecule has 0 aromatic heterocycles. The largest absolute Gasteiger partial charge is 0.508 e. The van der Waals surface area contributed by atoms with Crippen molar-refractivity contribution in [2.45, 2.75) is 12.2 Å². The Kier molecular flexibility index (Phi) is 6.59. The number of carbonyl (C=O) groups excluding carboxylic acids is 1. The van der Waals surface area contributed by atoms with Crippen molar-refractivity contribution in [3.05, 3.63) is 69.8 Å². The summed E-state index contributed by atoms with van der Waals surface area (Å²) in [5.74, 6) is -0.346. The van der Waals surface area contributed by atoms with E-state index in [1.54, 1.807) is 36.4 Å². The van der Waals surface area contributed by atoms with Gasteiger partial charge in [0.2, 0.25) is 0 Å². The van der Waals surface area contributed by atoms with Gasteiger partial charge in [-0.05, 0) is 59.0 Å². The predicted octanol–water partition coefficient (Wildman–Crippen LogP) is 2.54. The molecular formula is C17H16INO5. The van der Waals surface area contributed by atoms with Crippen LogP contribution < -0.4 is 10.2 Å². The molecule has 0 aliphatic carbocycles. The van der Waals surface area contributed by atoms with Crippen molar-refractivity contribution in [1.29, 1.82) is 0 Å². The van der Waals surface area contributed by atoms with Crippen LogP contribution >= 0.6 is 22.6 Å².